The van der Waals surface area contributed by atoms with Gasteiger partial charge in [0.2, 0.25) is 0 Å². The molecule has 0 aliphatic carbocycles. The third-order valence-corrected chi connectivity index (χ3v) is 2.68. The number of rotatable bonds is 3. The Labute approximate surface area is 97.9 Å². The first kappa shape index (κ1) is 11.4. The average molecular weight is 231 g/mol. The van der Waals surface area contributed by atoms with Gasteiger partial charge in [-0.1, -0.05) is 25.5 Å². The van der Waals surface area contributed by atoms with Gasteiger partial charge in [0, 0.05) is 5.52 Å². The molecule has 0 amide bonds. The lowest BCUT2D eigenvalue weighted by Crippen LogP contribution is -2.16. The lowest BCUT2D eigenvalue weighted by Gasteiger charge is -2.03. The summed E-state index contributed by atoms with van der Waals surface area (Å²) in [5.74, 6) is -1.20. The minimum Gasteiger partial charge on any atom is -0.477 e. The van der Waals surface area contributed by atoms with Gasteiger partial charge in [-0.2, -0.15) is 0 Å². The van der Waals surface area contributed by atoms with Crippen LogP contribution in [0.3, 0.4) is 0 Å². The molecule has 0 radical (unpaired) electrons. The van der Waals surface area contributed by atoms with E-state index in [-0.39, 0.29) is 5.56 Å². The molecule has 17 heavy (non-hydrogen) atoms. The lowest BCUT2D eigenvalue weighted by atomic mass is 10.1. The van der Waals surface area contributed by atoms with Crippen molar-refractivity contribution in [1.29, 1.82) is 0 Å². The Morgan fingerprint density at radius 1 is 1.35 bits per heavy atom. The number of hydrogen-bond acceptors (Lipinski definition) is 2. The fraction of sp³-hybridized carbons (Fsp3) is 0.231. The summed E-state index contributed by atoms with van der Waals surface area (Å²) in [6, 6.07) is 7.09. The highest BCUT2D eigenvalue weighted by Gasteiger charge is 2.09. The van der Waals surface area contributed by atoms with Crippen molar-refractivity contribution in [3.63, 3.8) is 0 Å². The molecule has 0 aliphatic rings. The van der Waals surface area contributed by atoms with Crippen molar-refractivity contribution in [3.8, 4) is 0 Å². The Morgan fingerprint density at radius 3 is 2.76 bits per heavy atom. The number of aromatic amines is 1. The van der Waals surface area contributed by atoms with E-state index in [1.54, 1.807) is 0 Å². The number of fused-ring (bicyclic) bond motifs is 1. The van der Waals surface area contributed by atoms with Crippen molar-refractivity contribution in [2.45, 2.75) is 19.8 Å². The number of aromatic nitrogens is 1. The molecule has 0 atom stereocenters. The number of carbonyl (C=O) groups is 1. The molecule has 0 saturated heterocycles. The van der Waals surface area contributed by atoms with Gasteiger partial charge in [-0.05, 0) is 29.5 Å². The van der Waals surface area contributed by atoms with Gasteiger partial charge in [-0.3, -0.25) is 4.79 Å². The van der Waals surface area contributed by atoms with Crippen LogP contribution >= 0.6 is 0 Å². The van der Waals surface area contributed by atoms with Crippen LogP contribution in [0.4, 0.5) is 0 Å². The van der Waals surface area contributed by atoms with E-state index in [2.05, 4.69) is 11.9 Å². The number of carboxylic acid groups (broad SMARTS) is 1. The third-order valence-electron chi connectivity index (χ3n) is 2.68. The Kier molecular flexibility index (Phi) is 2.95. The van der Waals surface area contributed by atoms with E-state index in [4.69, 9.17) is 5.11 Å². The molecule has 0 saturated carbocycles. The van der Waals surface area contributed by atoms with Crippen LogP contribution < -0.4 is 5.56 Å². The number of H-pyrrole nitrogens is 1. The molecule has 0 fully saturated rings. The predicted molar refractivity (Wildman–Crippen MR) is 65.5 cm³/mol. The first-order valence-electron chi connectivity index (χ1n) is 5.51. The minimum atomic E-state index is -1.20. The van der Waals surface area contributed by atoms with Crippen LogP contribution in [0.1, 0.15) is 29.3 Å². The predicted octanol–water partition coefficient (Wildman–Crippen LogP) is 2.18. The number of aromatic carboxylic acids is 1. The van der Waals surface area contributed by atoms with E-state index >= 15 is 0 Å². The fourth-order valence-corrected chi connectivity index (χ4v) is 1.85. The number of carboxylic acids is 1. The van der Waals surface area contributed by atoms with E-state index in [0.29, 0.717) is 5.52 Å². The maximum absolute atomic E-state index is 11.5. The van der Waals surface area contributed by atoms with E-state index in [1.165, 1.54) is 6.07 Å². The van der Waals surface area contributed by atoms with Gasteiger partial charge in [-0.15, -0.1) is 0 Å². The van der Waals surface area contributed by atoms with Crippen LogP contribution in [0.2, 0.25) is 0 Å². The molecule has 2 N–H and O–H groups in total. The van der Waals surface area contributed by atoms with Crippen LogP contribution in [0.25, 0.3) is 10.9 Å². The molecule has 2 aromatic rings. The van der Waals surface area contributed by atoms with Crippen LogP contribution in [0.5, 0.6) is 0 Å². The molecule has 4 nitrogen and oxygen atoms in total. The van der Waals surface area contributed by atoms with Crippen molar-refractivity contribution < 1.29 is 9.90 Å². The molecular formula is C13H13NO3. The number of nitrogens with one attached hydrogen (secondary N) is 1. The summed E-state index contributed by atoms with van der Waals surface area (Å²) in [7, 11) is 0. The molecular weight excluding hydrogens is 218 g/mol. The summed E-state index contributed by atoms with van der Waals surface area (Å²) >= 11 is 0. The standard InChI is InChI=1S/C13H13NO3/c1-2-3-8-4-5-9-7-10(13(16)17)12(15)14-11(9)6-8/h4-7H,2-3H2,1H3,(H,14,15)(H,16,17). The normalized spacial score (nSPS) is 10.6. The van der Waals surface area contributed by atoms with Crippen molar-refractivity contribution in [2.24, 2.45) is 0 Å². The molecule has 88 valence electrons. The largest absolute Gasteiger partial charge is 0.477 e. The maximum atomic E-state index is 11.5. The van der Waals surface area contributed by atoms with Crippen molar-refractivity contribution in [2.75, 3.05) is 0 Å². The Balaban J connectivity index is 2.62. The highest BCUT2D eigenvalue weighted by molar-refractivity contribution is 5.92. The summed E-state index contributed by atoms with van der Waals surface area (Å²) in [4.78, 5) is 24.9. The first-order valence-corrected chi connectivity index (χ1v) is 5.51. The zero-order valence-electron chi connectivity index (χ0n) is 9.49. The van der Waals surface area contributed by atoms with Crippen LogP contribution in [0, 0.1) is 0 Å². The number of aryl methyl sites for hydroxylation is 1. The number of hydrogen-bond donors (Lipinski definition) is 2. The van der Waals surface area contributed by atoms with Gasteiger partial charge in [0.15, 0.2) is 0 Å². The molecule has 0 bridgehead atoms. The zero-order valence-corrected chi connectivity index (χ0v) is 9.49. The van der Waals surface area contributed by atoms with E-state index in [1.807, 2.05) is 18.2 Å². The van der Waals surface area contributed by atoms with Crippen LogP contribution in [-0.4, -0.2) is 16.1 Å². The summed E-state index contributed by atoms with van der Waals surface area (Å²) < 4.78 is 0. The van der Waals surface area contributed by atoms with Gasteiger partial charge in [-0.25, -0.2) is 4.79 Å². The zero-order chi connectivity index (χ0) is 12.4. The van der Waals surface area contributed by atoms with Gasteiger partial charge in [0.25, 0.3) is 5.56 Å². The van der Waals surface area contributed by atoms with Gasteiger partial charge < -0.3 is 10.1 Å². The SMILES string of the molecule is CCCc1ccc2cc(C(=O)O)c(=O)[nH]c2c1. The number of benzene rings is 1. The highest BCUT2D eigenvalue weighted by atomic mass is 16.4. The Morgan fingerprint density at radius 2 is 2.12 bits per heavy atom. The summed E-state index contributed by atoms with van der Waals surface area (Å²) in [5, 5.41) is 9.58. The smallest absolute Gasteiger partial charge is 0.341 e. The molecule has 2 rings (SSSR count). The van der Waals surface area contributed by atoms with Gasteiger partial charge >= 0.3 is 5.97 Å². The molecule has 1 aromatic heterocycles. The third kappa shape index (κ3) is 2.20. The van der Waals surface area contributed by atoms with E-state index in [0.717, 1.165) is 23.8 Å². The van der Waals surface area contributed by atoms with Gasteiger partial charge in [0.05, 0.1) is 0 Å². The van der Waals surface area contributed by atoms with E-state index < -0.39 is 11.5 Å². The highest BCUT2D eigenvalue weighted by Crippen LogP contribution is 2.14. The second kappa shape index (κ2) is 4.41. The molecule has 0 aliphatic heterocycles. The quantitative estimate of drug-likeness (QED) is 0.850. The molecule has 1 heterocycles. The minimum absolute atomic E-state index is 0.222. The monoisotopic (exact) mass is 231 g/mol. The lowest BCUT2D eigenvalue weighted by molar-refractivity contribution is 0.0695. The topological polar surface area (TPSA) is 70.2 Å². The fourth-order valence-electron chi connectivity index (χ4n) is 1.85. The summed E-state index contributed by atoms with van der Waals surface area (Å²) in [5.41, 5.74) is 1.05. The molecule has 0 unspecified atom stereocenters. The number of pyridine rings is 1. The first-order chi connectivity index (χ1) is 8.11. The Hall–Kier alpha value is -2.10. The van der Waals surface area contributed by atoms with Crippen LogP contribution in [-0.2, 0) is 6.42 Å². The molecule has 1 aromatic carbocycles. The molecule has 0 spiro atoms. The van der Waals surface area contributed by atoms with Gasteiger partial charge in [0.1, 0.15) is 5.56 Å². The molecule has 4 heteroatoms. The second-order valence-corrected chi connectivity index (χ2v) is 3.99. The average Bonchev–Trinajstić information content (AvgIpc) is 2.28. The maximum Gasteiger partial charge on any atom is 0.341 e. The van der Waals surface area contributed by atoms with Crippen molar-refractivity contribution >= 4 is 16.9 Å². The van der Waals surface area contributed by atoms with Crippen molar-refractivity contribution in [1.82, 2.24) is 4.98 Å². The van der Waals surface area contributed by atoms with Crippen molar-refractivity contribution in [3.05, 3.63) is 45.7 Å². The van der Waals surface area contributed by atoms with Crippen LogP contribution in [0.15, 0.2) is 29.1 Å². The summed E-state index contributed by atoms with van der Waals surface area (Å²) in [6.07, 6.45) is 1.97. The summed E-state index contributed by atoms with van der Waals surface area (Å²) in [6.45, 7) is 2.08. The van der Waals surface area contributed by atoms with E-state index in [9.17, 15) is 9.59 Å². The Bertz CT molecular complexity index is 628. The second-order valence-electron chi connectivity index (χ2n) is 3.99.